The number of aromatic nitrogens is 1. The van der Waals surface area contributed by atoms with Gasteiger partial charge in [0.2, 0.25) is 0 Å². The Morgan fingerprint density at radius 3 is 2.35 bits per heavy atom. The summed E-state index contributed by atoms with van der Waals surface area (Å²) in [7, 11) is 1.80. The van der Waals surface area contributed by atoms with Crippen LogP contribution in [0.3, 0.4) is 0 Å². The summed E-state index contributed by atoms with van der Waals surface area (Å²) in [4.78, 5) is 28.5. The smallest absolute Gasteiger partial charge is 0.270 e. The number of Topliss-reactive ketones (excluding diaryl/α,β-unsaturated/α-hetero) is 1. The van der Waals surface area contributed by atoms with Crippen molar-refractivity contribution in [3.63, 3.8) is 0 Å². The number of carbonyl (C=O) groups is 2. The summed E-state index contributed by atoms with van der Waals surface area (Å²) in [6, 6.07) is 9.79. The van der Waals surface area contributed by atoms with Crippen LogP contribution in [-0.4, -0.2) is 52.2 Å². The van der Waals surface area contributed by atoms with E-state index in [1.807, 2.05) is 23.1 Å². The second kappa shape index (κ2) is 7.64. The third-order valence-electron chi connectivity index (χ3n) is 5.14. The number of benzene rings is 1. The molecule has 0 spiro atoms. The quantitative estimate of drug-likeness (QED) is 0.771. The van der Waals surface area contributed by atoms with E-state index in [-0.39, 0.29) is 17.7 Å². The molecule has 3 rings (SSSR count). The minimum absolute atomic E-state index is 0.0231. The molecule has 26 heavy (non-hydrogen) atoms. The number of halogens is 1. The molecule has 1 fully saturated rings. The van der Waals surface area contributed by atoms with Crippen molar-refractivity contribution >= 4 is 23.3 Å². The van der Waals surface area contributed by atoms with Crippen molar-refractivity contribution in [1.29, 1.82) is 0 Å². The number of nitrogens with zero attached hydrogens (tertiary/aromatic N) is 3. The fourth-order valence-corrected chi connectivity index (χ4v) is 3.75. The summed E-state index contributed by atoms with van der Waals surface area (Å²) in [6.07, 6.45) is 1.71. The van der Waals surface area contributed by atoms with Crippen LogP contribution < -0.4 is 0 Å². The van der Waals surface area contributed by atoms with Crippen molar-refractivity contribution in [2.75, 3.05) is 26.2 Å². The maximum atomic E-state index is 12.8. The highest BCUT2D eigenvalue weighted by atomic mass is 35.5. The number of amides is 1. The molecule has 1 atom stereocenters. The summed E-state index contributed by atoms with van der Waals surface area (Å²) in [5.74, 6) is -0.0527. The molecule has 1 aromatic carbocycles. The summed E-state index contributed by atoms with van der Waals surface area (Å²) in [6.45, 7) is 6.57. The van der Waals surface area contributed by atoms with Crippen molar-refractivity contribution in [1.82, 2.24) is 14.4 Å². The lowest BCUT2D eigenvalue weighted by Crippen LogP contribution is -2.49. The minimum atomic E-state index is -0.0296. The van der Waals surface area contributed by atoms with Crippen LogP contribution in [0.1, 0.15) is 46.3 Å². The highest BCUT2D eigenvalue weighted by Crippen LogP contribution is 2.28. The molecule has 1 saturated heterocycles. The molecule has 2 heterocycles. The number of ketones is 1. The Morgan fingerprint density at radius 2 is 1.77 bits per heavy atom. The second-order valence-electron chi connectivity index (χ2n) is 6.81. The molecule has 5 nitrogen and oxygen atoms in total. The van der Waals surface area contributed by atoms with Gasteiger partial charge in [0.25, 0.3) is 5.91 Å². The van der Waals surface area contributed by atoms with Crippen molar-refractivity contribution in [2.24, 2.45) is 7.05 Å². The molecule has 2 aromatic rings. The first kappa shape index (κ1) is 18.7. The number of hydrogen-bond acceptors (Lipinski definition) is 3. The van der Waals surface area contributed by atoms with E-state index < -0.39 is 0 Å². The molecule has 1 aromatic heterocycles. The third-order valence-corrected chi connectivity index (χ3v) is 5.48. The fraction of sp³-hybridized carbons (Fsp3) is 0.400. The van der Waals surface area contributed by atoms with Gasteiger partial charge in [0.1, 0.15) is 5.69 Å². The SMILES string of the molecule is CC(=O)c1cc(C(=O)N2CCN(C(C)c3ccccc3Cl)CC2)n(C)c1. The van der Waals surface area contributed by atoms with Gasteiger partial charge < -0.3 is 9.47 Å². The molecule has 0 saturated carbocycles. The lowest BCUT2D eigenvalue weighted by molar-refractivity contribution is 0.0573. The first-order valence-electron chi connectivity index (χ1n) is 8.83. The van der Waals surface area contributed by atoms with Crippen LogP contribution in [0.25, 0.3) is 0 Å². The van der Waals surface area contributed by atoms with Gasteiger partial charge in [0, 0.05) is 56.1 Å². The molecule has 0 N–H and O–H groups in total. The summed E-state index contributed by atoms with van der Waals surface area (Å²) >= 11 is 6.32. The average Bonchev–Trinajstić information content (AvgIpc) is 3.03. The molecule has 0 radical (unpaired) electrons. The first-order valence-corrected chi connectivity index (χ1v) is 9.21. The van der Waals surface area contributed by atoms with Gasteiger partial charge in [-0.3, -0.25) is 14.5 Å². The van der Waals surface area contributed by atoms with Crippen molar-refractivity contribution in [3.8, 4) is 0 Å². The topological polar surface area (TPSA) is 45.6 Å². The van der Waals surface area contributed by atoms with Crippen LogP contribution in [0.15, 0.2) is 36.5 Å². The molecule has 138 valence electrons. The number of piperazine rings is 1. The van der Waals surface area contributed by atoms with Crippen molar-refractivity contribution in [3.05, 3.63) is 58.4 Å². The number of carbonyl (C=O) groups excluding carboxylic acids is 2. The van der Waals surface area contributed by atoms with Crippen LogP contribution in [0, 0.1) is 0 Å². The van der Waals surface area contributed by atoms with Gasteiger partial charge in [-0.2, -0.15) is 0 Å². The Hall–Kier alpha value is -2.11. The molecule has 1 aliphatic heterocycles. The molecule has 0 aliphatic carbocycles. The molecular formula is C20H24ClN3O2. The predicted octanol–water partition coefficient (Wildman–Crippen LogP) is 3.40. The third kappa shape index (κ3) is 3.69. The monoisotopic (exact) mass is 373 g/mol. The highest BCUT2D eigenvalue weighted by molar-refractivity contribution is 6.31. The Balaban J connectivity index is 1.66. The van der Waals surface area contributed by atoms with Gasteiger partial charge in [-0.1, -0.05) is 29.8 Å². The first-order chi connectivity index (χ1) is 12.4. The maximum absolute atomic E-state index is 12.8. The van der Waals surface area contributed by atoms with Crippen LogP contribution in [0.2, 0.25) is 5.02 Å². The van der Waals surface area contributed by atoms with Gasteiger partial charge >= 0.3 is 0 Å². The van der Waals surface area contributed by atoms with Crippen LogP contribution in [0.4, 0.5) is 0 Å². The summed E-state index contributed by atoms with van der Waals surface area (Å²) in [5.41, 5.74) is 2.24. The zero-order valence-electron chi connectivity index (χ0n) is 15.4. The number of aryl methyl sites for hydroxylation is 1. The molecule has 1 aliphatic rings. The normalized spacial score (nSPS) is 16.5. The minimum Gasteiger partial charge on any atom is -0.346 e. The fourth-order valence-electron chi connectivity index (χ4n) is 3.45. The van der Waals surface area contributed by atoms with E-state index in [4.69, 9.17) is 11.6 Å². The van der Waals surface area contributed by atoms with Gasteiger partial charge in [0.05, 0.1) is 0 Å². The van der Waals surface area contributed by atoms with Gasteiger partial charge in [-0.05, 0) is 31.5 Å². The highest BCUT2D eigenvalue weighted by Gasteiger charge is 2.27. The van der Waals surface area contributed by atoms with Crippen LogP contribution in [-0.2, 0) is 7.05 Å². The van der Waals surface area contributed by atoms with E-state index in [1.54, 1.807) is 23.9 Å². The molecular weight excluding hydrogens is 350 g/mol. The van der Waals surface area contributed by atoms with E-state index in [2.05, 4.69) is 17.9 Å². The van der Waals surface area contributed by atoms with Crippen LogP contribution in [0.5, 0.6) is 0 Å². The molecule has 1 amide bonds. The summed E-state index contributed by atoms with van der Waals surface area (Å²) < 4.78 is 1.73. The second-order valence-corrected chi connectivity index (χ2v) is 7.21. The maximum Gasteiger partial charge on any atom is 0.270 e. The average molecular weight is 374 g/mol. The van der Waals surface area contributed by atoms with Gasteiger partial charge in [-0.25, -0.2) is 0 Å². The van der Waals surface area contributed by atoms with Crippen molar-refractivity contribution < 1.29 is 9.59 Å². The Kier molecular flexibility index (Phi) is 5.49. The van der Waals surface area contributed by atoms with E-state index >= 15 is 0 Å². The van der Waals surface area contributed by atoms with Gasteiger partial charge in [-0.15, -0.1) is 0 Å². The lowest BCUT2D eigenvalue weighted by Gasteiger charge is -2.38. The van der Waals surface area contributed by atoms with E-state index in [9.17, 15) is 9.59 Å². The zero-order valence-corrected chi connectivity index (χ0v) is 16.2. The zero-order chi connectivity index (χ0) is 18.8. The van der Waals surface area contributed by atoms with Crippen LogP contribution >= 0.6 is 11.6 Å². The molecule has 1 unspecified atom stereocenters. The number of hydrogen-bond donors (Lipinski definition) is 0. The number of rotatable bonds is 4. The van der Waals surface area contributed by atoms with E-state index in [0.717, 1.165) is 23.7 Å². The van der Waals surface area contributed by atoms with E-state index in [1.165, 1.54) is 6.92 Å². The molecule has 0 bridgehead atoms. The molecule has 6 heteroatoms. The Bertz CT molecular complexity index is 822. The summed E-state index contributed by atoms with van der Waals surface area (Å²) in [5, 5.41) is 0.777. The standard InChI is InChI=1S/C20H24ClN3O2/c1-14(17-6-4-5-7-18(17)21)23-8-10-24(11-9-23)20(26)19-12-16(15(2)25)13-22(19)3/h4-7,12-14H,8-11H2,1-3H3. The lowest BCUT2D eigenvalue weighted by atomic mass is 10.1. The van der Waals surface area contributed by atoms with E-state index in [0.29, 0.717) is 24.3 Å². The Morgan fingerprint density at radius 1 is 1.12 bits per heavy atom. The Labute approximate surface area is 159 Å². The van der Waals surface area contributed by atoms with Crippen molar-refractivity contribution in [2.45, 2.75) is 19.9 Å². The predicted molar refractivity (Wildman–Crippen MR) is 103 cm³/mol. The largest absolute Gasteiger partial charge is 0.346 e. The van der Waals surface area contributed by atoms with Gasteiger partial charge in [0.15, 0.2) is 5.78 Å².